The number of nitro benzene ring substituents is 1. The highest BCUT2D eigenvalue weighted by Gasteiger charge is 2.14. The molecule has 1 aromatic rings. The van der Waals surface area contributed by atoms with Crippen LogP contribution in [0.4, 0.5) is 5.69 Å². The normalized spacial score (nSPS) is 10.5. The van der Waals surface area contributed by atoms with Gasteiger partial charge in [-0.15, -0.1) is 0 Å². The van der Waals surface area contributed by atoms with Crippen molar-refractivity contribution in [1.82, 2.24) is 4.90 Å². The molecule has 0 fully saturated rings. The smallest absolute Gasteiger partial charge is 0.304 e. The molecule has 0 unspecified atom stereocenters. The van der Waals surface area contributed by atoms with Gasteiger partial charge in [0, 0.05) is 24.7 Å². The molecule has 0 saturated carbocycles. The van der Waals surface area contributed by atoms with Gasteiger partial charge in [-0.25, -0.2) is 0 Å². The highest BCUT2D eigenvalue weighted by molar-refractivity contribution is 5.66. The molecule has 17 heavy (non-hydrogen) atoms. The van der Waals surface area contributed by atoms with Crippen LogP contribution in [0.3, 0.4) is 0 Å². The summed E-state index contributed by atoms with van der Waals surface area (Å²) >= 11 is 0. The Morgan fingerprint density at radius 2 is 2.12 bits per heavy atom. The number of para-hydroxylation sites is 1. The maximum absolute atomic E-state index is 10.8. The topological polar surface area (TPSA) is 83.7 Å². The zero-order valence-corrected chi connectivity index (χ0v) is 9.50. The molecule has 1 N–H and O–H groups in total. The van der Waals surface area contributed by atoms with E-state index in [1.165, 1.54) is 6.07 Å². The second kappa shape index (κ2) is 5.95. The van der Waals surface area contributed by atoms with Crippen LogP contribution < -0.4 is 0 Å². The van der Waals surface area contributed by atoms with Crippen LogP contribution in [0.2, 0.25) is 0 Å². The van der Waals surface area contributed by atoms with Gasteiger partial charge in [-0.2, -0.15) is 0 Å². The van der Waals surface area contributed by atoms with Crippen molar-refractivity contribution in [2.75, 3.05) is 13.6 Å². The average Bonchev–Trinajstić information content (AvgIpc) is 2.27. The fraction of sp³-hybridized carbons (Fsp3) is 0.364. The Hall–Kier alpha value is -1.95. The molecule has 0 aliphatic carbocycles. The lowest BCUT2D eigenvalue weighted by Crippen LogP contribution is -2.21. The lowest BCUT2D eigenvalue weighted by atomic mass is 10.1. The second-order valence-electron chi connectivity index (χ2n) is 3.77. The number of carboxylic acids is 1. The number of carbonyl (C=O) groups is 1. The molecule has 1 aromatic carbocycles. The Kier molecular flexibility index (Phi) is 4.59. The molecule has 0 atom stereocenters. The molecule has 6 heteroatoms. The fourth-order valence-electron chi connectivity index (χ4n) is 1.48. The van der Waals surface area contributed by atoms with Gasteiger partial charge in [0.1, 0.15) is 0 Å². The van der Waals surface area contributed by atoms with E-state index in [0.717, 1.165) is 0 Å². The van der Waals surface area contributed by atoms with Gasteiger partial charge < -0.3 is 10.0 Å². The van der Waals surface area contributed by atoms with Crippen molar-refractivity contribution >= 4 is 11.7 Å². The number of nitrogens with zero attached hydrogens (tertiary/aromatic N) is 2. The molecule has 0 bridgehead atoms. The summed E-state index contributed by atoms with van der Waals surface area (Å²) < 4.78 is 0. The molecule has 0 aromatic heterocycles. The highest BCUT2D eigenvalue weighted by atomic mass is 16.6. The van der Waals surface area contributed by atoms with E-state index in [1.807, 2.05) is 0 Å². The summed E-state index contributed by atoms with van der Waals surface area (Å²) in [7, 11) is 1.74. The van der Waals surface area contributed by atoms with E-state index in [2.05, 4.69) is 0 Å². The van der Waals surface area contributed by atoms with Crippen molar-refractivity contribution in [3.63, 3.8) is 0 Å². The number of aliphatic carboxylic acids is 1. The Morgan fingerprint density at radius 3 is 2.71 bits per heavy atom. The molecule has 92 valence electrons. The summed E-state index contributed by atoms with van der Waals surface area (Å²) in [4.78, 5) is 22.5. The van der Waals surface area contributed by atoms with E-state index in [1.54, 1.807) is 30.1 Å². The second-order valence-corrected chi connectivity index (χ2v) is 3.77. The maximum atomic E-state index is 10.8. The third kappa shape index (κ3) is 4.20. The van der Waals surface area contributed by atoms with Crippen LogP contribution >= 0.6 is 0 Å². The fourth-order valence-corrected chi connectivity index (χ4v) is 1.48. The van der Waals surface area contributed by atoms with E-state index < -0.39 is 10.9 Å². The SMILES string of the molecule is CN(CCC(=O)O)Cc1ccccc1[N+](=O)[O-]. The van der Waals surface area contributed by atoms with Gasteiger partial charge in [-0.1, -0.05) is 18.2 Å². The van der Waals surface area contributed by atoms with Gasteiger partial charge in [-0.3, -0.25) is 14.9 Å². The summed E-state index contributed by atoms with van der Waals surface area (Å²) in [5.74, 6) is -0.876. The van der Waals surface area contributed by atoms with Gasteiger partial charge in [0.05, 0.1) is 11.3 Å². The third-order valence-corrected chi connectivity index (χ3v) is 2.34. The molecule has 0 aliphatic heterocycles. The van der Waals surface area contributed by atoms with E-state index >= 15 is 0 Å². The minimum Gasteiger partial charge on any atom is -0.481 e. The number of carboxylic acid groups (broad SMARTS) is 1. The molecule has 0 heterocycles. The van der Waals surface area contributed by atoms with Crippen LogP contribution in [0.25, 0.3) is 0 Å². The van der Waals surface area contributed by atoms with E-state index in [4.69, 9.17) is 5.11 Å². The van der Waals surface area contributed by atoms with Gasteiger partial charge in [0.2, 0.25) is 0 Å². The van der Waals surface area contributed by atoms with Gasteiger partial charge in [0.25, 0.3) is 5.69 Å². The standard InChI is InChI=1S/C11H14N2O4/c1-12(7-6-11(14)15)8-9-4-2-3-5-10(9)13(16)17/h2-5H,6-8H2,1H3,(H,14,15). The third-order valence-electron chi connectivity index (χ3n) is 2.34. The van der Waals surface area contributed by atoms with Crippen molar-refractivity contribution in [1.29, 1.82) is 0 Å². The molecule has 1 rings (SSSR count). The zero-order valence-electron chi connectivity index (χ0n) is 9.50. The predicted octanol–water partition coefficient (Wildman–Crippen LogP) is 1.50. The summed E-state index contributed by atoms with van der Waals surface area (Å²) in [5.41, 5.74) is 0.653. The first-order valence-electron chi connectivity index (χ1n) is 5.13. The van der Waals surface area contributed by atoms with Crippen LogP contribution in [0, 0.1) is 10.1 Å². The Labute approximate surface area is 98.6 Å². The molecule has 0 spiro atoms. The minimum atomic E-state index is -0.876. The molecule has 0 radical (unpaired) electrons. The van der Waals surface area contributed by atoms with E-state index in [9.17, 15) is 14.9 Å². The van der Waals surface area contributed by atoms with E-state index in [0.29, 0.717) is 18.7 Å². The summed E-state index contributed by atoms with van der Waals surface area (Å²) in [5, 5.41) is 19.3. The van der Waals surface area contributed by atoms with Crippen LogP contribution in [-0.2, 0) is 11.3 Å². The van der Waals surface area contributed by atoms with Crippen LogP contribution in [-0.4, -0.2) is 34.5 Å². The number of nitro groups is 1. The molecule has 0 saturated heterocycles. The van der Waals surface area contributed by atoms with Crippen molar-refractivity contribution in [2.24, 2.45) is 0 Å². The molecular formula is C11H14N2O4. The Balaban J connectivity index is 2.67. The maximum Gasteiger partial charge on any atom is 0.304 e. The summed E-state index contributed by atoms with van der Waals surface area (Å²) in [6.45, 7) is 0.728. The molecular weight excluding hydrogens is 224 g/mol. The zero-order chi connectivity index (χ0) is 12.8. The van der Waals surface area contributed by atoms with Gasteiger partial charge in [-0.05, 0) is 7.05 Å². The lowest BCUT2D eigenvalue weighted by molar-refractivity contribution is -0.385. The van der Waals surface area contributed by atoms with Crippen LogP contribution in [0.15, 0.2) is 24.3 Å². The molecule has 6 nitrogen and oxygen atoms in total. The molecule has 0 aliphatic rings. The first-order valence-corrected chi connectivity index (χ1v) is 5.13. The minimum absolute atomic E-state index is 0.0249. The number of rotatable bonds is 6. The number of benzene rings is 1. The van der Waals surface area contributed by atoms with Crippen LogP contribution in [0.1, 0.15) is 12.0 Å². The van der Waals surface area contributed by atoms with Crippen molar-refractivity contribution in [3.8, 4) is 0 Å². The van der Waals surface area contributed by atoms with Crippen LogP contribution in [0.5, 0.6) is 0 Å². The highest BCUT2D eigenvalue weighted by Crippen LogP contribution is 2.18. The summed E-state index contributed by atoms with van der Waals surface area (Å²) in [6, 6.07) is 6.46. The monoisotopic (exact) mass is 238 g/mol. The predicted molar refractivity (Wildman–Crippen MR) is 61.7 cm³/mol. The molecule has 0 amide bonds. The first kappa shape index (κ1) is 13.1. The Bertz CT molecular complexity index is 420. The summed E-state index contributed by atoms with van der Waals surface area (Å²) in [6.07, 6.45) is 0.0249. The number of hydrogen-bond donors (Lipinski definition) is 1. The number of hydrogen-bond acceptors (Lipinski definition) is 4. The lowest BCUT2D eigenvalue weighted by Gasteiger charge is -2.15. The average molecular weight is 238 g/mol. The first-order chi connectivity index (χ1) is 8.00. The largest absolute Gasteiger partial charge is 0.481 e. The van der Waals surface area contributed by atoms with Crippen molar-refractivity contribution in [2.45, 2.75) is 13.0 Å². The van der Waals surface area contributed by atoms with Gasteiger partial charge in [0.15, 0.2) is 0 Å². The Morgan fingerprint density at radius 1 is 1.47 bits per heavy atom. The van der Waals surface area contributed by atoms with E-state index in [-0.39, 0.29) is 12.1 Å². The van der Waals surface area contributed by atoms with Crippen molar-refractivity contribution in [3.05, 3.63) is 39.9 Å². The van der Waals surface area contributed by atoms with Gasteiger partial charge >= 0.3 is 5.97 Å². The quantitative estimate of drug-likeness (QED) is 0.599. The van der Waals surface area contributed by atoms with Crippen molar-refractivity contribution < 1.29 is 14.8 Å².